The first-order valence-electron chi connectivity index (χ1n) is 4.47. The van der Waals surface area contributed by atoms with E-state index in [9.17, 15) is 9.90 Å². The first-order chi connectivity index (χ1) is 6.45. The Morgan fingerprint density at radius 2 is 1.93 bits per heavy atom. The molecule has 0 saturated heterocycles. The normalized spacial score (nSPS) is 12.5. The fourth-order valence-electron chi connectivity index (χ4n) is 1.45. The van der Waals surface area contributed by atoms with Gasteiger partial charge in [-0.3, -0.25) is 4.79 Å². The second-order valence-corrected chi connectivity index (χ2v) is 3.51. The number of aliphatic carboxylic acids is 1. The molecule has 0 amide bonds. The van der Waals surface area contributed by atoms with Crippen molar-refractivity contribution < 1.29 is 15.0 Å². The lowest BCUT2D eigenvalue weighted by molar-refractivity contribution is -0.138. The minimum atomic E-state index is -0.878. The topological polar surface area (TPSA) is 57.5 Å². The van der Waals surface area contributed by atoms with Gasteiger partial charge in [-0.1, -0.05) is 12.1 Å². The van der Waals surface area contributed by atoms with Gasteiger partial charge >= 0.3 is 5.97 Å². The number of carbonyl (C=O) groups is 1. The number of phenols is 1. The number of rotatable bonds is 2. The second kappa shape index (κ2) is 3.70. The highest BCUT2D eigenvalue weighted by Gasteiger charge is 2.17. The fourth-order valence-corrected chi connectivity index (χ4v) is 1.45. The summed E-state index contributed by atoms with van der Waals surface area (Å²) >= 11 is 0. The van der Waals surface area contributed by atoms with E-state index >= 15 is 0 Å². The number of phenolic OH excluding ortho intramolecular Hbond substituents is 1. The van der Waals surface area contributed by atoms with Crippen molar-refractivity contribution in [1.82, 2.24) is 0 Å². The molecule has 0 fully saturated rings. The monoisotopic (exact) mass is 194 g/mol. The lowest BCUT2D eigenvalue weighted by Gasteiger charge is -2.12. The molecule has 0 aliphatic heterocycles. The molecule has 3 heteroatoms. The molecular formula is C11H14O3. The zero-order chi connectivity index (χ0) is 10.9. The number of carboxylic acid groups (broad SMARTS) is 1. The summed E-state index contributed by atoms with van der Waals surface area (Å²) in [6, 6.07) is 3.49. The summed E-state index contributed by atoms with van der Waals surface area (Å²) in [5.74, 6) is -1.27. The molecular weight excluding hydrogens is 180 g/mol. The Morgan fingerprint density at radius 1 is 1.36 bits per heavy atom. The van der Waals surface area contributed by atoms with Crippen molar-refractivity contribution in [1.29, 1.82) is 0 Å². The van der Waals surface area contributed by atoms with E-state index in [1.165, 1.54) is 0 Å². The highest BCUT2D eigenvalue weighted by atomic mass is 16.4. The summed E-state index contributed by atoms with van der Waals surface area (Å²) in [6.45, 7) is 5.13. The molecule has 0 heterocycles. The number of benzene rings is 1. The molecule has 0 aliphatic carbocycles. The maximum absolute atomic E-state index is 10.8. The summed E-state index contributed by atoms with van der Waals surface area (Å²) in [6.07, 6.45) is 0. The van der Waals surface area contributed by atoms with Crippen molar-refractivity contribution in [2.75, 3.05) is 0 Å². The van der Waals surface area contributed by atoms with Crippen LogP contribution in [-0.4, -0.2) is 16.2 Å². The molecule has 1 rings (SSSR count). The number of carboxylic acids is 1. The summed E-state index contributed by atoms with van der Waals surface area (Å²) in [7, 11) is 0. The van der Waals surface area contributed by atoms with Gasteiger partial charge < -0.3 is 10.2 Å². The van der Waals surface area contributed by atoms with Gasteiger partial charge in [0.15, 0.2) is 0 Å². The van der Waals surface area contributed by atoms with Crippen LogP contribution in [0.2, 0.25) is 0 Å². The van der Waals surface area contributed by atoms with Crippen LogP contribution < -0.4 is 0 Å². The maximum atomic E-state index is 10.8. The van der Waals surface area contributed by atoms with Gasteiger partial charge in [-0.15, -0.1) is 0 Å². The van der Waals surface area contributed by atoms with Crippen molar-refractivity contribution >= 4 is 5.97 Å². The number of hydrogen-bond donors (Lipinski definition) is 2. The summed E-state index contributed by atoms with van der Waals surface area (Å²) in [4.78, 5) is 10.8. The highest BCUT2D eigenvalue weighted by Crippen LogP contribution is 2.29. The van der Waals surface area contributed by atoms with Gasteiger partial charge in [-0.05, 0) is 37.5 Å². The van der Waals surface area contributed by atoms with E-state index in [1.54, 1.807) is 32.9 Å². The van der Waals surface area contributed by atoms with Crippen LogP contribution in [0.1, 0.15) is 29.5 Å². The average Bonchev–Trinajstić information content (AvgIpc) is 2.13. The largest absolute Gasteiger partial charge is 0.507 e. The Balaban J connectivity index is 3.24. The quantitative estimate of drug-likeness (QED) is 0.758. The van der Waals surface area contributed by atoms with Crippen molar-refractivity contribution in [3.63, 3.8) is 0 Å². The maximum Gasteiger partial charge on any atom is 0.310 e. The molecule has 1 aromatic carbocycles. The third-order valence-electron chi connectivity index (χ3n) is 2.51. The number of aryl methyl sites for hydroxylation is 1. The SMILES string of the molecule is Cc1ccc(C(C)C(=O)O)c(C)c1O. The van der Waals surface area contributed by atoms with Gasteiger partial charge in [0.05, 0.1) is 5.92 Å². The minimum absolute atomic E-state index is 0.190. The zero-order valence-corrected chi connectivity index (χ0v) is 8.53. The number of aromatic hydroxyl groups is 1. The summed E-state index contributed by atoms with van der Waals surface area (Å²) < 4.78 is 0. The molecule has 0 bridgehead atoms. The minimum Gasteiger partial charge on any atom is -0.507 e. The van der Waals surface area contributed by atoms with E-state index in [2.05, 4.69) is 0 Å². The first kappa shape index (κ1) is 10.6. The van der Waals surface area contributed by atoms with E-state index in [0.717, 1.165) is 5.56 Å². The molecule has 0 spiro atoms. The Labute approximate surface area is 83.0 Å². The molecule has 1 atom stereocenters. The van der Waals surface area contributed by atoms with Gasteiger partial charge in [-0.2, -0.15) is 0 Å². The van der Waals surface area contributed by atoms with Crippen molar-refractivity contribution in [3.05, 3.63) is 28.8 Å². The van der Waals surface area contributed by atoms with Crippen LogP contribution in [0.25, 0.3) is 0 Å². The molecule has 0 aliphatic rings. The Bertz CT molecular complexity index is 369. The first-order valence-corrected chi connectivity index (χ1v) is 4.47. The van der Waals surface area contributed by atoms with E-state index in [4.69, 9.17) is 5.11 Å². The standard InChI is InChI=1S/C11H14O3/c1-6-4-5-9(7(2)10(6)12)8(3)11(13)14/h4-5,8,12H,1-3H3,(H,13,14). The molecule has 0 aromatic heterocycles. The Morgan fingerprint density at radius 3 is 2.43 bits per heavy atom. The van der Waals surface area contributed by atoms with E-state index in [0.29, 0.717) is 11.1 Å². The van der Waals surface area contributed by atoms with Crippen molar-refractivity contribution in [2.24, 2.45) is 0 Å². The highest BCUT2D eigenvalue weighted by molar-refractivity contribution is 5.76. The van der Waals surface area contributed by atoms with Crippen molar-refractivity contribution in [3.8, 4) is 5.75 Å². The molecule has 0 saturated carbocycles. The third kappa shape index (κ3) is 1.71. The van der Waals surface area contributed by atoms with Gasteiger partial charge in [0.25, 0.3) is 0 Å². The molecule has 1 aromatic rings. The van der Waals surface area contributed by atoms with Gasteiger partial charge in [0, 0.05) is 0 Å². The summed E-state index contributed by atoms with van der Waals surface area (Å²) in [5.41, 5.74) is 2.09. The van der Waals surface area contributed by atoms with Gasteiger partial charge in [-0.25, -0.2) is 0 Å². The van der Waals surface area contributed by atoms with E-state index in [-0.39, 0.29) is 5.75 Å². The van der Waals surface area contributed by atoms with Crippen LogP contribution in [0.3, 0.4) is 0 Å². The molecule has 76 valence electrons. The second-order valence-electron chi connectivity index (χ2n) is 3.51. The Kier molecular flexibility index (Phi) is 2.79. The van der Waals surface area contributed by atoms with Crippen LogP contribution >= 0.6 is 0 Å². The van der Waals surface area contributed by atoms with Crippen LogP contribution in [0.15, 0.2) is 12.1 Å². The number of hydrogen-bond acceptors (Lipinski definition) is 2. The molecule has 1 unspecified atom stereocenters. The molecule has 14 heavy (non-hydrogen) atoms. The molecule has 2 N–H and O–H groups in total. The van der Waals surface area contributed by atoms with Crippen LogP contribution in [0.4, 0.5) is 0 Å². The van der Waals surface area contributed by atoms with Gasteiger partial charge in [0.2, 0.25) is 0 Å². The van der Waals surface area contributed by atoms with E-state index < -0.39 is 11.9 Å². The lowest BCUT2D eigenvalue weighted by atomic mass is 9.94. The molecule has 3 nitrogen and oxygen atoms in total. The zero-order valence-electron chi connectivity index (χ0n) is 8.53. The smallest absolute Gasteiger partial charge is 0.310 e. The van der Waals surface area contributed by atoms with Crippen LogP contribution in [0.5, 0.6) is 5.75 Å². The van der Waals surface area contributed by atoms with Crippen molar-refractivity contribution in [2.45, 2.75) is 26.7 Å². The van der Waals surface area contributed by atoms with Crippen LogP contribution in [0, 0.1) is 13.8 Å². The van der Waals surface area contributed by atoms with Crippen LogP contribution in [-0.2, 0) is 4.79 Å². The third-order valence-corrected chi connectivity index (χ3v) is 2.51. The van der Waals surface area contributed by atoms with E-state index in [1.807, 2.05) is 0 Å². The fraction of sp³-hybridized carbons (Fsp3) is 0.364. The Hall–Kier alpha value is -1.51. The predicted molar refractivity (Wildman–Crippen MR) is 53.6 cm³/mol. The predicted octanol–water partition coefficient (Wildman–Crippen LogP) is 2.20. The average molecular weight is 194 g/mol. The van der Waals surface area contributed by atoms with Gasteiger partial charge in [0.1, 0.15) is 5.75 Å². The summed E-state index contributed by atoms with van der Waals surface area (Å²) in [5, 5.41) is 18.5. The lowest BCUT2D eigenvalue weighted by Crippen LogP contribution is -2.09. The molecule has 0 radical (unpaired) electrons.